The minimum atomic E-state index is -0.235. The SMILES string of the molecule is Cc1cc(C(=O)N2CCC(c3cc(Cc4ccccc4)[nH]n3)CC2)cc(=O)[nH]1. The first-order chi connectivity index (χ1) is 13.6. The second-order valence-electron chi connectivity index (χ2n) is 7.46. The number of piperidine rings is 1. The van der Waals surface area contributed by atoms with Crippen molar-refractivity contribution in [2.24, 2.45) is 0 Å². The van der Waals surface area contributed by atoms with Crippen molar-refractivity contribution in [2.45, 2.75) is 32.1 Å². The zero-order valence-electron chi connectivity index (χ0n) is 15.9. The van der Waals surface area contributed by atoms with E-state index in [9.17, 15) is 9.59 Å². The Labute approximate surface area is 163 Å². The number of pyridine rings is 1. The lowest BCUT2D eigenvalue weighted by Gasteiger charge is -2.31. The van der Waals surface area contributed by atoms with Gasteiger partial charge >= 0.3 is 0 Å². The summed E-state index contributed by atoms with van der Waals surface area (Å²) in [6, 6.07) is 15.6. The zero-order valence-corrected chi connectivity index (χ0v) is 15.9. The molecule has 1 aromatic carbocycles. The highest BCUT2D eigenvalue weighted by Crippen LogP contribution is 2.28. The number of carbonyl (C=O) groups is 1. The molecule has 1 aliphatic heterocycles. The summed E-state index contributed by atoms with van der Waals surface area (Å²) in [7, 11) is 0. The Balaban J connectivity index is 1.38. The van der Waals surface area contributed by atoms with Crippen molar-refractivity contribution in [1.29, 1.82) is 0 Å². The number of H-pyrrole nitrogens is 2. The first-order valence-electron chi connectivity index (χ1n) is 9.67. The van der Waals surface area contributed by atoms with Crippen molar-refractivity contribution in [1.82, 2.24) is 20.1 Å². The monoisotopic (exact) mass is 376 g/mol. The number of aryl methyl sites for hydroxylation is 1. The van der Waals surface area contributed by atoms with Crippen LogP contribution in [0.3, 0.4) is 0 Å². The normalized spacial score (nSPS) is 15.0. The number of nitrogens with zero attached hydrogens (tertiary/aromatic N) is 2. The number of nitrogens with one attached hydrogen (secondary N) is 2. The van der Waals surface area contributed by atoms with Crippen LogP contribution < -0.4 is 5.56 Å². The smallest absolute Gasteiger partial charge is 0.254 e. The fourth-order valence-corrected chi connectivity index (χ4v) is 3.86. The summed E-state index contributed by atoms with van der Waals surface area (Å²) in [5.41, 5.74) is 4.37. The molecule has 4 rings (SSSR count). The molecule has 0 atom stereocenters. The maximum Gasteiger partial charge on any atom is 0.254 e. The van der Waals surface area contributed by atoms with E-state index in [0.717, 1.165) is 30.7 Å². The van der Waals surface area contributed by atoms with Gasteiger partial charge in [-0.1, -0.05) is 30.3 Å². The first kappa shape index (κ1) is 18.2. The molecule has 2 aromatic heterocycles. The molecule has 2 N–H and O–H groups in total. The largest absolute Gasteiger partial charge is 0.339 e. The lowest BCUT2D eigenvalue weighted by Crippen LogP contribution is -2.38. The Morgan fingerprint density at radius 3 is 2.61 bits per heavy atom. The molecule has 0 aliphatic carbocycles. The van der Waals surface area contributed by atoms with Crippen LogP contribution in [0.5, 0.6) is 0 Å². The van der Waals surface area contributed by atoms with Crippen LogP contribution >= 0.6 is 0 Å². The van der Waals surface area contributed by atoms with E-state index in [2.05, 4.69) is 33.4 Å². The van der Waals surface area contributed by atoms with Crippen LogP contribution in [0.25, 0.3) is 0 Å². The fourth-order valence-electron chi connectivity index (χ4n) is 3.86. The van der Waals surface area contributed by atoms with E-state index >= 15 is 0 Å². The molecule has 0 radical (unpaired) electrons. The summed E-state index contributed by atoms with van der Waals surface area (Å²) in [5, 5.41) is 7.67. The van der Waals surface area contributed by atoms with Crippen molar-refractivity contribution >= 4 is 5.91 Å². The molecule has 1 aliphatic rings. The summed E-state index contributed by atoms with van der Waals surface area (Å²) in [4.78, 5) is 28.9. The molecule has 3 aromatic rings. The van der Waals surface area contributed by atoms with Gasteiger partial charge in [0.25, 0.3) is 5.91 Å². The van der Waals surface area contributed by atoms with E-state index in [1.165, 1.54) is 11.6 Å². The molecule has 0 unspecified atom stereocenters. The second kappa shape index (κ2) is 7.84. The molecule has 1 saturated heterocycles. The van der Waals surface area contributed by atoms with E-state index in [1.54, 1.807) is 13.0 Å². The van der Waals surface area contributed by atoms with Gasteiger partial charge in [-0.3, -0.25) is 14.7 Å². The van der Waals surface area contributed by atoms with Gasteiger partial charge in [0.05, 0.1) is 5.69 Å². The quantitative estimate of drug-likeness (QED) is 0.734. The number of likely N-dealkylation sites (tertiary alicyclic amines) is 1. The molecule has 3 heterocycles. The van der Waals surface area contributed by atoms with Crippen LogP contribution in [0.4, 0.5) is 0 Å². The molecule has 1 fully saturated rings. The summed E-state index contributed by atoms with van der Waals surface area (Å²) >= 11 is 0. The summed E-state index contributed by atoms with van der Waals surface area (Å²) in [5.74, 6) is 0.283. The van der Waals surface area contributed by atoms with E-state index in [4.69, 9.17) is 0 Å². The third-order valence-electron chi connectivity index (χ3n) is 5.31. The molecule has 6 nitrogen and oxygen atoms in total. The second-order valence-corrected chi connectivity index (χ2v) is 7.46. The molecule has 0 saturated carbocycles. The Bertz CT molecular complexity index is 1010. The number of benzene rings is 1. The van der Waals surface area contributed by atoms with Gasteiger partial charge in [-0.05, 0) is 37.5 Å². The number of carbonyl (C=O) groups excluding carboxylic acids is 1. The van der Waals surface area contributed by atoms with Crippen LogP contribution in [0.1, 0.15) is 51.8 Å². The van der Waals surface area contributed by atoms with Crippen molar-refractivity contribution in [2.75, 3.05) is 13.1 Å². The molecule has 28 heavy (non-hydrogen) atoms. The van der Waals surface area contributed by atoms with Gasteiger partial charge in [-0.15, -0.1) is 0 Å². The van der Waals surface area contributed by atoms with Crippen molar-refractivity contribution < 1.29 is 4.79 Å². The molecule has 0 spiro atoms. The average molecular weight is 376 g/mol. The van der Waals surface area contributed by atoms with Gasteiger partial charge in [-0.2, -0.15) is 5.10 Å². The van der Waals surface area contributed by atoms with Gasteiger partial charge < -0.3 is 9.88 Å². The van der Waals surface area contributed by atoms with E-state index in [0.29, 0.717) is 30.3 Å². The van der Waals surface area contributed by atoms with E-state index in [-0.39, 0.29) is 11.5 Å². The number of hydrogen-bond donors (Lipinski definition) is 2. The van der Waals surface area contributed by atoms with Crippen LogP contribution in [0, 0.1) is 6.92 Å². The van der Waals surface area contributed by atoms with Crippen LogP contribution in [-0.2, 0) is 6.42 Å². The zero-order chi connectivity index (χ0) is 19.5. The van der Waals surface area contributed by atoms with Gasteiger partial charge in [0.2, 0.25) is 5.56 Å². The Kier molecular flexibility index (Phi) is 5.10. The topological polar surface area (TPSA) is 81.8 Å². The summed E-state index contributed by atoms with van der Waals surface area (Å²) in [6.45, 7) is 3.14. The Morgan fingerprint density at radius 1 is 1.14 bits per heavy atom. The standard InChI is InChI=1S/C22H24N4O2/c1-15-11-18(13-21(27)23-15)22(28)26-9-7-17(8-10-26)20-14-19(24-25-20)12-16-5-3-2-4-6-16/h2-6,11,13-14,17H,7-10,12H2,1H3,(H,23,27)(H,24,25). The molecule has 1 amide bonds. The number of amides is 1. The highest BCUT2D eigenvalue weighted by Gasteiger charge is 2.26. The van der Waals surface area contributed by atoms with Gasteiger partial charge in [0.15, 0.2) is 0 Å². The number of hydrogen-bond acceptors (Lipinski definition) is 3. The molecule has 6 heteroatoms. The first-order valence-corrected chi connectivity index (χ1v) is 9.67. The minimum absolute atomic E-state index is 0.0700. The number of aromatic nitrogens is 3. The lowest BCUT2D eigenvalue weighted by molar-refractivity contribution is 0.0711. The number of rotatable bonds is 4. The van der Waals surface area contributed by atoms with Crippen LogP contribution in [0.2, 0.25) is 0 Å². The fraction of sp³-hybridized carbons (Fsp3) is 0.318. The predicted octanol–water partition coefficient (Wildman–Crippen LogP) is 3.02. The summed E-state index contributed by atoms with van der Waals surface area (Å²) in [6.07, 6.45) is 2.60. The minimum Gasteiger partial charge on any atom is -0.339 e. The maximum atomic E-state index is 12.7. The Morgan fingerprint density at radius 2 is 1.89 bits per heavy atom. The third kappa shape index (κ3) is 4.06. The lowest BCUT2D eigenvalue weighted by atomic mass is 9.93. The third-order valence-corrected chi connectivity index (χ3v) is 5.31. The van der Waals surface area contributed by atoms with Crippen LogP contribution in [0.15, 0.2) is 53.3 Å². The van der Waals surface area contributed by atoms with Crippen molar-refractivity contribution in [3.63, 3.8) is 0 Å². The van der Waals surface area contributed by atoms with E-state index < -0.39 is 0 Å². The van der Waals surface area contributed by atoms with Gasteiger partial charge in [0.1, 0.15) is 0 Å². The molecule has 144 valence electrons. The van der Waals surface area contributed by atoms with Gasteiger partial charge in [-0.25, -0.2) is 0 Å². The summed E-state index contributed by atoms with van der Waals surface area (Å²) < 4.78 is 0. The molecular weight excluding hydrogens is 352 g/mol. The maximum absolute atomic E-state index is 12.7. The number of aromatic amines is 2. The van der Waals surface area contributed by atoms with Crippen molar-refractivity contribution in [3.8, 4) is 0 Å². The Hall–Kier alpha value is -3.15. The van der Waals surface area contributed by atoms with E-state index in [1.807, 2.05) is 23.1 Å². The highest BCUT2D eigenvalue weighted by atomic mass is 16.2. The average Bonchev–Trinajstić information content (AvgIpc) is 3.16. The predicted molar refractivity (Wildman–Crippen MR) is 108 cm³/mol. The van der Waals surface area contributed by atoms with Crippen molar-refractivity contribution in [3.05, 3.63) is 87.1 Å². The van der Waals surface area contributed by atoms with Gasteiger partial charge in [0, 0.05) is 48.4 Å². The molecular formula is C22H24N4O2. The highest BCUT2D eigenvalue weighted by molar-refractivity contribution is 5.94. The molecule has 0 bridgehead atoms. The van der Waals surface area contributed by atoms with Crippen LogP contribution in [-0.4, -0.2) is 39.1 Å².